The number of anilines is 3. The number of aromatic nitrogens is 12. The van der Waals surface area contributed by atoms with Gasteiger partial charge < -0.3 is 32.1 Å². The normalized spacial score (nSPS) is 16.0. The number of sulfonamides is 1. The van der Waals surface area contributed by atoms with Gasteiger partial charge in [0.25, 0.3) is 5.91 Å². The summed E-state index contributed by atoms with van der Waals surface area (Å²) in [7, 11) is -1.30. The molecular weight excluding hydrogens is 1650 g/mol. The zero-order valence-corrected chi connectivity index (χ0v) is 70.1. The molecule has 1 amide bonds. The van der Waals surface area contributed by atoms with Gasteiger partial charge in [-0.3, -0.25) is 19.2 Å². The van der Waals surface area contributed by atoms with E-state index in [0.29, 0.717) is 115 Å². The number of benzene rings is 6. The predicted octanol–water partition coefficient (Wildman–Crippen LogP) is 13.2. The van der Waals surface area contributed by atoms with Gasteiger partial charge in [-0.25, -0.2) is 52.4 Å². The van der Waals surface area contributed by atoms with Crippen LogP contribution < -0.4 is 17.2 Å². The zero-order valence-electron chi connectivity index (χ0n) is 69.3. The van der Waals surface area contributed by atoms with Gasteiger partial charge in [-0.15, -0.1) is 0 Å². The Kier molecular flexibility index (Phi) is 26.0. The summed E-state index contributed by atoms with van der Waals surface area (Å²) in [6.07, 6.45) is -6.82. The molecule has 4 atom stereocenters. The third kappa shape index (κ3) is 20.3. The molecule has 3 aliphatic rings. The van der Waals surface area contributed by atoms with Crippen molar-refractivity contribution in [2.24, 2.45) is 0 Å². The van der Waals surface area contributed by atoms with E-state index >= 15 is 0 Å². The number of likely N-dealkylation sites (tertiary alicyclic amines) is 2. The lowest BCUT2D eigenvalue weighted by molar-refractivity contribution is -0.141. The minimum atomic E-state index is -4.55. The number of nitrogens with zero attached hydrogens (tertiary/aromatic N) is 15. The first-order valence-electron chi connectivity index (χ1n) is 39.6. The van der Waals surface area contributed by atoms with Gasteiger partial charge in [-0.2, -0.15) is 59.1 Å². The Morgan fingerprint density at radius 3 is 1.09 bits per heavy atom. The molecule has 0 aliphatic carbocycles. The second-order valence-corrected chi connectivity index (χ2v) is 33.3. The third-order valence-electron chi connectivity index (χ3n) is 22.2. The number of likely N-dealkylation sites (N-methyl/N-ethyl adjacent to an activating group) is 1. The summed E-state index contributed by atoms with van der Waals surface area (Å²) >= 11 is 0. The molecule has 6 aromatic carbocycles. The molecule has 0 radical (unpaired) electrons. The number of carbonyl (C=O) groups excluding carboxylic acids is 4. The van der Waals surface area contributed by atoms with E-state index in [-0.39, 0.29) is 94.9 Å². The van der Waals surface area contributed by atoms with Gasteiger partial charge in [0, 0.05) is 91.9 Å². The largest absolute Gasteiger partial charge is 0.416 e. The van der Waals surface area contributed by atoms with Crippen LogP contribution in [0.25, 0.3) is 33.1 Å². The van der Waals surface area contributed by atoms with Crippen molar-refractivity contribution in [1.82, 2.24) is 73.4 Å². The van der Waals surface area contributed by atoms with Gasteiger partial charge in [0.05, 0.1) is 57.2 Å². The molecule has 15 rings (SSSR count). The molecule has 646 valence electrons. The Balaban J connectivity index is 0.000000161. The van der Waals surface area contributed by atoms with E-state index in [1.807, 2.05) is 31.5 Å². The highest BCUT2D eigenvalue weighted by Crippen LogP contribution is 2.38. The van der Waals surface area contributed by atoms with Crippen LogP contribution >= 0.6 is 0 Å². The SMILES string of the molecule is Cc1ccc(CC(=O)c2ccc(C)c(C(F)(F)F)c2)cc1C#Cc1nn(C2CCCN(C(=O)[C@H](C)O)C2)c2ncnc(N)c12.Cc1ccc(CC(=O)c2ccc(C)c(C(F)(F)F)c2)cc1C#Cc1nn([C@@H]2CCN(C)C2)c2ncnc(N)c12.Cc1ccc(CC(=O)c2ccc(C)c(C(F)(F)F)c2)cc1C#Cc1nn([C@@H]2CCN(S(C)(=O)=O)C2)c2ncnc(N)c12. The molecule has 0 saturated carbocycles. The van der Waals surface area contributed by atoms with Gasteiger partial charge in [0.1, 0.15) is 59.6 Å². The minimum absolute atomic E-state index is 0.0138. The number of ketones is 3. The van der Waals surface area contributed by atoms with Crippen molar-refractivity contribution in [3.63, 3.8) is 0 Å². The Bertz CT molecular complexity index is 6600. The molecule has 12 aromatic rings. The zero-order chi connectivity index (χ0) is 90.1. The highest BCUT2D eigenvalue weighted by molar-refractivity contribution is 7.88. The number of nitrogen functional groups attached to an aromatic ring is 3. The summed E-state index contributed by atoms with van der Waals surface area (Å²) < 4.78 is 151. The van der Waals surface area contributed by atoms with Crippen LogP contribution in [-0.4, -0.2) is 169 Å². The van der Waals surface area contributed by atoms with Crippen molar-refractivity contribution in [1.29, 1.82) is 0 Å². The summed E-state index contributed by atoms with van der Waals surface area (Å²) in [5.41, 5.74) is 25.2. The van der Waals surface area contributed by atoms with E-state index in [9.17, 15) is 72.2 Å². The molecule has 35 heteroatoms. The molecule has 7 N–H and O–H groups in total. The fourth-order valence-electron chi connectivity index (χ4n) is 15.2. The number of carbonyl (C=O) groups is 4. The standard InChI is InChI=1S/C32H31F3N6O3.C29H27F3N6O3S.C29H27F3N6O/c1-18-6-8-21(14-27(43)23-9-7-19(2)25(15-23)32(33,34)35)13-22(18)10-11-26-28-29(36)37-17-38-30(28)41(39-26)24-5-4-12-40(16-24)31(44)20(3)42;1-17-4-6-19(13-25(39)21-7-5-18(2)23(14-21)29(30,31)32)12-20(17)8-9-24-26-27(33)34-16-35-28(26)38(36-24)22-10-11-37(15-22)42(3,40)41;1-17-4-6-19(13-25(39)21-7-5-18(2)23(14-21)29(30,31)32)12-20(17)8-9-24-26-27(33)34-16-35-28(26)38(36-24)22-10-11-37(3)15-22/h6-9,13,15,17,20,24,42H,4-5,12,14,16H2,1-3H3,(H2,36,37,38);4-7,12,14,16,22H,10-11,13,15H2,1-3H3,(H2,33,34,35);4-7,12,14,16,22H,10-11,13,15H2,1-3H3,(H2,33,34,35)/t20-,24?;2*22-/m011/s1. The van der Waals surface area contributed by atoms with Crippen LogP contribution in [0.15, 0.2) is 128 Å². The van der Waals surface area contributed by atoms with E-state index in [1.54, 1.807) is 62.8 Å². The number of rotatable bonds is 14. The fourth-order valence-corrected chi connectivity index (χ4v) is 16.1. The van der Waals surface area contributed by atoms with Crippen molar-refractivity contribution in [2.45, 2.75) is 136 Å². The third-order valence-corrected chi connectivity index (χ3v) is 23.4. The molecule has 3 fully saturated rings. The second-order valence-electron chi connectivity index (χ2n) is 31.4. The van der Waals surface area contributed by atoms with Crippen molar-refractivity contribution in [3.8, 4) is 35.5 Å². The summed E-state index contributed by atoms with van der Waals surface area (Å²) in [6.45, 7) is 14.4. The predicted molar refractivity (Wildman–Crippen MR) is 451 cm³/mol. The number of aliphatic hydroxyl groups is 1. The van der Waals surface area contributed by atoms with Gasteiger partial charge in [-0.1, -0.05) is 90.6 Å². The molecular formula is C90H85F9N18O7S. The number of amides is 1. The molecule has 9 heterocycles. The van der Waals surface area contributed by atoms with Crippen molar-refractivity contribution in [2.75, 3.05) is 69.8 Å². The number of halogens is 9. The number of hydrogen-bond acceptors (Lipinski definition) is 20. The number of fused-ring (bicyclic) bond motifs is 3. The maximum atomic E-state index is 13.4. The van der Waals surface area contributed by atoms with Crippen LogP contribution in [-0.2, 0) is 52.6 Å². The quantitative estimate of drug-likeness (QED) is 0.0446. The Labute approximate surface area is 712 Å². The van der Waals surface area contributed by atoms with Crippen LogP contribution in [0.1, 0.15) is 182 Å². The van der Waals surface area contributed by atoms with E-state index in [2.05, 4.69) is 82.5 Å². The van der Waals surface area contributed by atoms with Crippen molar-refractivity contribution in [3.05, 3.63) is 245 Å². The number of piperidine rings is 1. The van der Waals surface area contributed by atoms with Crippen LogP contribution in [0.5, 0.6) is 0 Å². The highest BCUT2D eigenvalue weighted by atomic mass is 32.2. The van der Waals surface area contributed by atoms with Gasteiger partial charge in [0.15, 0.2) is 34.3 Å². The summed E-state index contributed by atoms with van der Waals surface area (Å²) in [5.74, 6) is 17.6. The average Bonchev–Trinajstić information content (AvgIpc) is 1.62. The molecule has 3 saturated heterocycles. The maximum Gasteiger partial charge on any atom is 0.416 e. The number of Topliss-reactive ketones (excluding diaryl/α,β-unsaturated/α-hetero) is 3. The minimum Gasteiger partial charge on any atom is -0.384 e. The van der Waals surface area contributed by atoms with Crippen molar-refractivity contribution < 1.29 is 72.2 Å². The molecule has 125 heavy (non-hydrogen) atoms. The summed E-state index contributed by atoms with van der Waals surface area (Å²) in [5, 5.41) is 25.4. The fraction of sp³-hybridized carbons (Fsp3) is 0.322. The number of alkyl halides is 9. The molecule has 3 aliphatic heterocycles. The summed E-state index contributed by atoms with van der Waals surface area (Å²) in [4.78, 5) is 80.4. The Morgan fingerprint density at radius 1 is 0.448 bits per heavy atom. The molecule has 25 nitrogen and oxygen atoms in total. The van der Waals surface area contributed by atoms with Crippen LogP contribution in [0.3, 0.4) is 0 Å². The van der Waals surface area contributed by atoms with E-state index < -0.39 is 68.7 Å². The lowest BCUT2D eigenvalue weighted by atomic mass is 9.96. The second kappa shape index (κ2) is 36.3. The van der Waals surface area contributed by atoms with E-state index in [1.165, 1.54) is 87.4 Å². The van der Waals surface area contributed by atoms with Crippen LogP contribution in [0, 0.1) is 77.1 Å². The first-order valence-corrected chi connectivity index (χ1v) is 41.5. The van der Waals surface area contributed by atoms with E-state index in [0.717, 1.165) is 73.5 Å². The molecule has 0 spiro atoms. The molecule has 6 aromatic heterocycles. The molecule has 0 bridgehead atoms. The Morgan fingerprint density at radius 2 is 0.776 bits per heavy atom. The average molecular weight is 1730 g/mol. The maximum absolute atomic E-state index is 13.4. The van der Waals surface area contributed by atoms with E-state index in [4.69, 9.17) is 27.4 Å². The topological polar surface area (TPSA) is 341 Å². The highest BCUT2D eigenvalue weighted by Gasteiger charge is 2.38. The monoisotopic (exact) mass is 1730 g/mol. The van der Waals surface area contributed by atoms with Crippen LogP contribution in [0.4, 0.5) is 57.0 Å². The van der Waals surface area contributed by atoms with Gasteiger partial charge >= 0.3 is 18.5 Å². The number of nitrogens with two attached hydrogens (primary N) is 3. The van der Waals surface area contributed by atoms with Crippen molar-refractivity contribution >= 4 is 83.8 Å². The first-order chi connectivity index (χ1) is 59.1. The number of aryl methyl sites for hydroxylation is 6. The van der Waals surface area contributed by atoms with Crippen LogP contribution in [0.2, 0.25) is 0 Å². The number of aliphatic hydroxyl groups excluding tert-OH is 1. The summed E-state index contributed by atoms with van der Waals surface area (Å²) in [6, 6.07) is 26.5. The smallest absolute Gasteiger partial charge is 0.384 e. The van der Waals surface area contributed by atoms with Gasteiger partial charge in [-0.05, 0) is 185 Å². The molecule has 1 unspecified atom stereocenters. The Hall–Kier alpha value is -13.3. The van der Waals surface area contributed by atoms with Gasteiger partial charge in [0.2, 0.25) is 10.0 Å². The first kappa shape index (κ1) is 89.5. The number of hydrogen-bond donors (Lipinski definition) is 4. The lowest BCUT2D eigenvalue weighted by Gasteiger charge is -2.33. The lowest BCUT2D eigenvalue weighted by Crippen LogP contribution is -2.44.